The SMILES string of the molecule is CCN(c1ccc(C)cc1)c1ccnc(Cl)n1. The molecule has 0 atom stereocenters. The molecule has 0 N–H and O–H groups in total. The summed E-state index contributed by atoms with van der Waals surface area (Å²) in [6, 6.07) is 10.2. The molecule has 0 fully saturated rings. The fourth-order valence-electron chi connectivity index (χ4n) is 1.68. The van der Waals surface area contributed by atoms with Gasteiger partial charge >= 0.3 is 0 Å². The van der Waals surface area contributed by atoms with Crippen LogP contribution in [0.25, 0.3) is 0 Å². The van der Waals surface area contributed by atoms with Gasteiger partial charge in [-0.25, -0.2) is 9.97 Å². The van der Waals surface area contributed by atoms with Crippen molar-refractivity contribution >= 4 is 23.1 Å². The molecule has 0 bridgehead atoms. The summed E-state index contributed by atoms with van der Waals surface area (Å²) in [6.45, 7) is 4.98. The van der Waals surface area contributed by atoms with Crippen molar-refractivity contribution in [3.8, 4) is 0 Å². The third kappa shape index (κ3) is 2.74. The van der Waals surface area contributed by atoms with Crippen LogP contribution in [0.15, 0.2) is 36.5 Å². The molecule has 17 heavy (non-hydrogen) atoms. The largest absolute Gasteiger partial charge is 0.327 e. The molecule has 3 nitrogen and oxygen atoms in total. The molecule has 0 aliphatic carbocycles. The van der Waals surface area contributed by atoms with Gasteiger partial charge in [0.1, 0.15) is 5.82 Å². The van der Waals surface area contributed by atoms with Crippen LogP contribution < -0.4 is 4.90 Å². The van der Waals surface area contributed by atoms with Crippen molar-refractivity contribution in [3.05, 3.63) is 47.4 Å². The van der Waals surface area contributed by atoms with Crippen molar-refractivity contribution in [1.82, 2.24) is 9.97 Å². The molecule has 0 unspecified atom stereocenters. The van der Waals surface area contributed by atoms with Crippen LogP contribution in [0.3, 0.4) is 0 Å². The summed E-state index contributed by atoms with van der Waals surface area (Å²) in [5.41, 5.74) is 2.35. The topological polar surface area (TPSA) is 29.0 Å². The number of aromatic nitrogens is 2. The minimum atomic E-state index is 0.271. The first-order chi connectivity index (χ1) is 8.20. The summed E-state index contributed by atoms with van der Waals surface area (Å²) >= 11 is 5.81. The van der Waals surface area contributed by atoms with Gasteiger partial charge in [-0.3, -0.25) is 0 Å². The number of anilines is 2. The van der Waals surface area contributed by atoms with Crippen molar-refractivity contribution in [2.45, 2.75) is 13.8 Å². The Hall–Kier alpha value is -1.61. The lowest BCUT2D eigenvalue weighted by Crippen LogP contribution is -2.17. The normalized spacial score (nSPS) is 10.3. The van der Waals surface area contributed by atoms with Crippen molar-refractivity contribution < 1.29 is 0 Å². The summed E-state index contributed by atoms with van der Waals surface area (Å²) in [5, 5.41) is 0.271. The lowest BCUT2D eigenvalue weighted by Gasteiger charge is -2.22. The molecule has 1 heterocycles. The van der Waals surface area contributed by atoms with Gasteiger partial charge in [0.15, 0.2) is 0 Å². The maximum absolute atomic E-state index is 5.81. The predicted octanol–water partition coefficient (Wildman–Crippen LogP) is 3.60. The Labute approximate surface area is 106 Å². The lowest BCUT2D eigenvalue weighted by atomic mass is 10.2. The fourth-order valence-corrected chi connectivity index (χ4v) is 1.82. The van der Waals surface area contributed by atoms with Gasteiger partial charge < -0.3 is 4.90 Å². The summed E-state index contributed by atoms with van der Waals surface area (Å²) in [4.78, 5) is 10.2. The van der Waals surface area contributed by atoms with Crippen LogP contribution in [-0.2, 0) is 0 Å². The third-order valence-electron chi connectivity index (χ3n) is 2.55. The summed E-state index contributed by atoms with van der Waals surface area (Å²) in [7, 11) is 0. The van der Waals surface area contributed by atoms with Crippen molar-refractivity contribution in [2.24, 2.45) is 0 Å². The predicted molar refractivity (Wildman–Crippen MR) is 70.9 cm³/mol. The number of aryl methyl sites for hydroxylation is 1. The standard InChI is InChI=1S/C13H14ClN3/c1-3-17(11-6-4-10(2)5-7-11)12-8-9-15-13(14)16-12/h4-9H,3H2,1-2H3. The second-order valence-electron chi connectivity index (χ2n) is 3.76. The molecule has 0 radical (unpaired) electrons. The Balaban J connectivity index is 2.36. The fraction of sp³-hybridized carbons (Fsp3) is 0.231. The van der Waals surface area contributed by atoms with Crippen LogP contribution in [0, 0.1) is 6.92 Å². The zero-order valence-electron chi connectivity index (χ0n) is 9.89. The van der Waals surface area contributed by atoms with Gasteiger partial charge in [-0.05, 0) is 43.6 Å². The second kappa shape index (κ2) is 5.15. The molecule has 0 saturated carbocycles. The van der Waals surface area contributed by atoms with Gasteiger partial charge in [0.05, 0.1) is 0 Å². The van der Waals surface area contributed by atoms with Crippen LogP contribution in [0.5, 0.6) is 0 Å². The summed E-state index contributed by atoms with van der Waals surface area (Å²) in [5.74, 6) is 0.816. The van der Waals surface area contributed by atoms with E-state index in [4.69, 9.17) is 11.6 Å². The average molecular weight is 248 g/mol. The molecule has 1 aromatic heterocycles. The highest BCUT2D eigenvalue weighted by Gasteiger charge is 2.08. The van der Waals surface area contributed by atoms with Crippen molar-refractivity contribution in [2.75, 3.05) is 11.4 Å². The lowest BCUT2D eigenvalue weighted by molar-refractivity contribution is 0.976. The minimum Gasteiger partial charge on any atom is -0.327 e. The molecule has 88 valence electrons. The molecular weight excluding hydrogens is 234 g/mol. The molecule has 0 spiro atoms. The Morgan fingerprint density at radius 1 is 1.18 bits per heavy atom. The molecule has 2 aromatic rings. The molecule has 0 amide bonds. The second-order valence-corrected chi connectivity index (χ2v) is 4.10. The number of halogens is 1. The Bertz CT molecular complexity index is 496. The van der Waals surface area contributed by atoms with E-state index in [0.29, 0.717) is 0 Å². The van der Waals surface area contributed by atoms with E-state index >= 15 is 0 Å². The first kappa shape index (κ1) is 11.9. The van der Waals surface area contributed by atoms with E-state index in [2.05, 4.69) is 53.0 Å². The van der Waals surface area contributed by atoms with Crippen LogP contribution in [0.4, 0.5) is 11.5 Å². The van der Waals surface area contributed by atoms with E-state index in [1.54, 1.807) is 6.20 Å². The maximum atomic E-state index is 5.81. The molecule has 2 rings (SSSR count). The van der Waals surface area contributed by atoms with Crippen molar-refractivity contribution in [3.63, 3.8) is 0 Å². The van der Waals surface area contributed by atoms with Gasteiger partial charge in [0.25, 0.3) is 0 Å². The average Bonchev–Trinajstić information content (AvgIpc) is 2.33. The molecular formula is C13H14ClN3. The Morgan fingerprint density at radius 3 is 2.47 bits per heavy atom. The molecule has 4 heteroatoms. The molecule has 0 aliphatic heterocycles. The number of benzene rings is 1. The van der Waals surface area contributed by atoms with Gasteiger partial charge in [-0.2, -0.15) is 0 Å². The molecule has 0 saturated heterocycles. The Morgan fingerprint density at radius 2 is 1.88 bits per heavy atom. The Kier molecular flexibility index (Phi) is 3.59. The van der Waals surface area contributed by atoms with Crippen molar-refractivity contribution in [1.29, 1.82) is 0 Å². The zero-order valence-corrected chi connectivity index (χ0v) is 10.6. The van der Waals surface area contributed by atoms with Gasteiger partial charge in [-0.15, -0.1) is 0 Å². The highest BCUT2D eigenvalue weighted by molar-refractivity contribution is 6.28. The molecule has 1 aromatic carbocycles. The van der Waals surface area contributed by atoms with E-state index in [9.17, 15) is 0 Å². The quantitative estimate of drug-likeness (QED) is 0.776. The van der Waals surface area contributed by atoms with E-state index in [0.717, 1.165) is 18.1 Å². The van der Waals surface area contributed by atoms with Crippen LogP contribution in [0.1, 0.15) is 12.5 Å². The van der Waals surface area contributed by atoms with E-state index in [1.165, 1.54) is 5.56 Å². The van der Waals surface area contributed by atoms with Gasteiger partial charge in [-0.1, -0.05) is 17.7 Å². The van der Waals surface area contributed by atoms with Gasteiger partial charge in [0, 0.05) is 18.4 Å². The number of nitrogens with zero attached hydrogens (tertiary/aromatic N) is 3. The van der Waals surface area contributed by atoms with E-state index in [1.807, 2.05) is 6.07 Å². The first-order valence-electron chi connectivity index (χ1n) is 5.53. The van der Waals surface area contributed by atoms with E-state index < -0.39 is 0 Å². The number of hydrogen-bond donors (Lipinski definition) is 0. The molecule has 0 aliphatic rings. The smallest absolute Gasteiger partial charge is 0.224 e. The van der Waals surface area contributed by atoms with Crippen LogP contribution in [-0.4, -0.2) is 16.5 Å². The number of rotatable bonds is 3. The summed E-state index contributed by atoms with van der Waals surface area (Å²) < 4.78 is 0. The third-order valence-corrected chi connectivity index (χ3v) is 2.73. The van der Waals surface area contributed by atoms with Crippen LogP contribution >= 0.6 is 11.6 Å². The number of hydrogen-bond acceptors (Lipinski definition) is 3. The van der Waals surface area contributed by atoms with Gasteiger partial charge in [0.2, 0.25) is 5.28 Å². The highest BCUT2D eigenvalue weighted by Crippen LogP contribution is 2.23. The summed E-state index contributed by atoms with van der Waals surface area (Å²) in [6.07, 6.45) is 1.67. The van der Waals surface area contributed by atoms with Crippen LogP contribution in [0.2, 0.25) is 5.28 Å². The minimum absolute atomic E-state index is 0.271. The maximum Gasteiger partial charge on any atom is 0.224 e. The first-order valence-corrected chi connectivity index (χ1v) is 5.91. The highest BCUT2D eigenvalue weighted by atomic mass is 35.5. The zero-order chi connectivity index (χ0) is 12.3. The van der Waals surface area contributed by atoms with E-state index in [-0.39, 0.29) is 5.28 Å². The monoisotopic (exact) mass is 247 g/mol.